The fourth-order valence-electron chi connectivity index (χ4n) is 2.49. The lowest BCUT2D eigenvalue weighted by atomic mass is 9.68. The van der Waals surface area contributed by atoms with E-state index in [0.29, 0.717) is 5.92 Å². The average Bonchev–Trinajstić information content (AvgIpc) is 2.49. The molecule has 1 aromatic rings. The molecule has 2 nitrogen and oxygen atoms in total. The molecule has 0 saturated heterocycles. The van der Waals surface area contributed by atoms with Gasteiger partial charge in [0.2, 0.25) is 0 Å². The number of halogens is 1. The summed E-state index contributed by atoms with van der Waals surface area (Å²) in [5.41, 5.74) is 0.162. The summed E-state index contributed by atoms with van der Waals surface area (Å²) < 4.78 is 1.10. The average molecular weight is 290 g/mol. The summed E-state index contributed by atoms with van der Waals surface area (Å²) >= 11 is 5.18. The van der Waals surface area contributed by atoms with Gasteiger partial charge in [-0.2, -0.15) is 0 Å². The van der Waals surface area contributed by atoms with Gasteiger partial charge >= 0.3 is 0 Å². The molecule has 1 saturated carbocycles. The summed E-state index contributed by atoms with van der Waals surface area (Å²) in [6.45, 7) is 4.46. The maximum atomic E-state index is 9.69. The van der Waals surface area contributed by atoms with Gasteiger partial charge in [-0.15, -0.1) is 11.3 Å². The van der Waals surface area contributed by atoms with Crippen LogP contribution in [0.1, 0.15) is 44.0 Å². The number of aliphatic hydroxyl groups is 1. The van der Waals surface area contributed by atoms with Crippen LogP contribution in [0.3, 0.4) is 0 Å². The van der Waals surface area contributed by atoms with Crippen molar-refractivity contribution in [3.63, 3.8) is 0 Å². The maximum Gasteiger partial charge on any atom is 0.0972 e. The first-order valence-electron chi connectivity index (χ1n) is 5.28. The molecule has 0 aromatic carbocycles. The quantitative estimate of drug-likeness (QED) is 0.858. The molecule has 0 radical (unpaired) electrons. The molecular weight excluding hydrogens is 274 g/mol. The highest BCUT2D eigenvalue weighted by Crippen LogP contribution is 2.48. The van der Waals surface area contributed by atoms with E-state index in [9.17, 15) is 5.11 Å². The number of aliphatic hydroxyl groups excluding tert-OH is 1. The third-order valence-electron chi connectivity index (χ3n) is 3.29. The molecular formula is C11H16BrNOS. The monoisotopic (exact) mass is 289 g/mol. The zero-order valence-electron chi connectivity index (χ0n) is 9.03. The topological polar surface area (TPSA) is 33.1 Å². The van der Waals surface area contributed by atoms with Crippen LogP contribution < -0.4 is 0 Å². The van der Waals surface area contributed by atoms with E-state index in [-0.39, 0.29) is 11.5 Å². The van der Waals surface area contributed by atoms with Crippen molar-refractivity contribution in [1.29, 1.82) is 0 Å². The molecule has 84 valence electrons. The lowest BCUT2D eigenvalue weighted by molar-refractivity contribution is 0.0499. The molecule has 1 fully saturated rings. The molecule has 1 N–H and O–H groups in total. The SMILES string of the molecule is CC1(C)CC(O)CCC1c1ncc(Br)s1. The Morgan fingerprint density at radius 2 is 2.27 bits per heavy atom. The lowest BCUT2D eigenvalue weighted by Crippen LogP contribution is -2.33. The van der Waals surface area contributed by atoms with Crippen LogP contribution in [0.2, 0.25) is 0 Å². The van der Waals surface area contributed by atoms with E-state index in [1.165, 1.54) is 5.01 Å². The first-order chi connectivity index (χ1) is 6.99. The lowest BCUT2D eigenvalue weighted by Gasteiger charge is -2.39. The van der Waals surface area contributed by atoms with Crippen LogP contribution in [0.25, 0.3) is 0 Å². The fraction of sp³-hybridized carbons (Fsp3) is 0.727. The van der Waals surface area contributed by atoms with Gasteiger partial charge in [0, 0.05) is 5.92 Å². The van der Waals surface area contributed by atoms with E-state index in [1.807, 2.05) is 6.20 Å². The third kappa shape index (κ3) is 2.43. The molecule has 1 aliphatic rings. The largest absolute Gasteiger partial charge is 0.393 e. The number of nitrogens with zero attached hydrogens (tertiary/aromatic N) is 1. The Morgan fingerprint density at radius 1 is 1.53 bits per heavy atom. The number of thiazole rings is 1. The number of aromatic nitrogens is 1. The molecule has 4 heteroatoms. The van der Waals surface area contributed by atoms with Crippen LogP contribution in [-0.4, -0.2) is 16.2 Å². The van der Waals surface area contributed by atoms with Crippen molar-refractivity contribution in [2.75, 3.05) is 0 Å². The van der Waals surface area contributed by atoms with Crippen molar-refractivity contribution in [3.05, 3.63) is 15.0 Å². The summed E-state index contributed by atoms with van der Waals surface area (Å²) in [5, 5.41) is 10.9. The highest BCUT2D eigenvalue weighted by molar-refractivity contribution is 9.11. The number of rotatable bonds is 1. The zero-order chi connectivity index (χ0) is 11.1. The Kier molecular flexibility index (Phi) is 3.20. The molecule has 1 aromatic heterocycles. The van der Waals surface area contributed by atoms with E-state index in [0.717, 1.165) is 23.0 Å². The van der Waals surface area contributed by atoms with Gasteiger partial charge < -0.3 is 5.11 Å². The van der Waals surface area contributed by atoms with Gasteiger partial charge in [0.25, 0.3) is 0 Å². The van der Waals surface area contributed by atoms with Crippen molar-refractivity contribution < 1.29 is 5.11 Å². The Labute approximate surface area is 103 Å². The van der Waals surface area contributed by atoms with Gasteiger partial charge in [0.1, 0.15) is 0 Å². The number of hydrogen-bond donors (Lipinski definition) is 1. The minimum absolute atomic E-state index is 0.125. The van der Waals surface area contributed by atoms with E-state index in [4.69, 9.17) is 0 Å². The summed E-state index contributed by atoms with van der Waals surface area (Å²) in [5.74, 6) is 0.497. The molecule has 1 heterocycles. The van der Waals surface area contributed by atoms with Crippen LogP contribution in [0, 0.1) is 5.41 Å². The van der Waals surface area contributed by atoms with Gasteiger partial charge in [-0.3, -0.25) is 0 Å². The second-order valence-corrected chi connectivity index (χ2v) is 7.42. The van der Waals surface area contributed by atoms with Gasteiger partial charge in [-0.1, -0.05) is 13.8 Å². The summed E-state index contributed by atoms with van der Waals surface area (Å²) in [6.07, 6.45) is 4.59. The molecule has 2 unspecified atom stereocenters. The summed E-state index contributed by atoms with van der Waals surface area (Å²) in [7, 11) is 0. The van der Waals surface area contributed by atoms with Crippen molar-refractivity contribution in [3.8, 4) is 0 Å². The van der Waals surface area contributed by atoms with E-state index >= 15 is 0 Å². The maximum absolute atomic E-state index is 9.69. The van der Waals surface area contributed by atoms with E-state index in [2.05, 4.69) is 34.8 Å². The molecule has 0 spiro atoms. The molecule has 0 amide bonds. The van der Waals surface area contributed by atoms with Gasteiger partial charge in [-0.05, 0) is 40.6 Å². The Hall–Kier alpha value is 0.0700. The van der Waals surface area contributed by atoms with Crippen molar-refractivity contribution in [2.45, 2.75) is 45.1 Å². The second kappa shape index (κ2) is 4.15. The third-order valence-corrected chi connectivity index (χ3v) is 4.88. The van der Waals surface area contributed by atoms with Crippen molar-refractivity contribution >= 4 is 27.3 Å². The van der Waals surface area contributed by atoms with Crippen LogP contribution >= 0.6 is 27.3 Å². The Bertz CT molecular complexity index is 350. The van der Waals surface area contributed by atoms with Crippen LogP contribution in [-0.2, 0) is 0 Å². The Morgan fingerprint density at radius 3 is 2.80 bits per heavy atom. The summed E-state index contributed by atoms with van der Waals surface area (Å²) in [6, 6.07) is 0. The van der Waals surface area contributed by atoms with Crippen LogP contribution in [0.4, 0.5) is 0 Å². The molecule has 1 aliphatic carbocycles. The standard InChI is InChI=1S/C11H16BrNOS/c1-11(2)5-7(14)3-4-8(11)10-13-6-9(12)15-10/h6-8,14H,3-5H2,1-2H3. The second-order valence-electron chi connectivity index (χ2n) is 4.98. The molecule has 15 heavy (non-hydrogen) atoms. The molecule has 0 aliphatic heterocycles. The van der Waals surface area contributed by atoms with Crippen LogP contribution in [0.15, 0.2) is 9.98 Å². The minimum atomic E-state index is -0.125. The normalized spacial score (nSPS) is 30.4. The first-order valence-corrected chi connectivity index (χ1v) is 6.89. The van der Waals surface area contributed by atoms with Crippen LogP contribution in [0.5, 0.6) is 0 Å². The van der Waals surface area contributed by atoms with Crippen molar-refractivity contribution in [1.82, 2.24) is 4.98 Å². The minimum Gasteiger partial charge on any atom is -0.393 e. The Balaban J connectivity index is 2.22. The predicted octanol–water partition coefficient (Wildman–Crippen LogP) is 3.56. The van der Waals surface area contributed by atoms with Gasteiger partial charge in [0.15, 0.2) is 0 Å². The molecule has 2 atom stereocenters. The highest BCUT2D eigenvalue weighted by atomic mass is 79.9. The predicted molar refractivity (Wildman–Crippen MR) is 66.2 cm³/mol. The van der Waals surface area contributed by atoms with Gasteiger partial charge in [0.05, 0.1) is 21.1 Å². The fourth-order valence-corrected chi connectivity index (χ4v) is 4.08. The molecule has 0 bridgehead atoms. The molecule has 2 rings (SSSR count). The summed E-state index contributed by atoms with van der Waals surface area (Å²) in [4.78, 5) is 4.45. The van der Waals surface area contributed by atoms with Gasteiger partial charge in [-0.25, -0.2) is 4.98 Å². The first kappa shape index (κ1) is 11.6. The highest BCUT2D eigenvalue weighted by Gasteiger charge is 2.38. The van der Waals surface area contributed by atoms with E-state index in [1.54, 1.807) is 11.3 Å². The zero-order valence-corrected chi connectivity index (χ0v) is 11.4. The van der Waals surface area contributed by atoms with E-state index < -0.39 is 0 Å². The smallest absolute Gasteiger partial charge is 0.0972 e. The van der Waals surface area contributed by atoms with Crippen molar-refractivity contribution in [2.24, 2.45) is 5.41 Å². The number of hydrogen-bond acceptors (Lipinski definition) is 3.